The van der Waals surface area contributed by atoms with Crippen molar-refractivity contribution in [1.82, 2.24) is 20.1 Å². The molecule has 6 nitrogen and oxygen atoms in total. The SMILES string of the molecule is CCc1nc(CN2CCN(C(=O)CNC(=O)c3cccc(Cl)c3)CC2)cs1. The van der Waals surface area contributed by atoms with Crippen LogP contribution in [0.5, 0.6) is 0 Å². The molecule has 1 fully saturated rings. The van der Waals surface area contributed by atoms with Crippen LogP contribution in [-0.2, 0) is 17.8 Å². The number of hydrogen-bond donors (Lipinski definition) is 1. The summed E-state index contributed by atoms with van der Waals surface area (Å²) in [4.78, 5) is 33.2. The number of nitrogens with zero attached hydrogens (tertiary/aromatic N) is 3. The molecule has 0 bridgehead atoms. The molecule has 0 radical (unpaired) electrons. The first-order valence-corrected chi connectivity index (χ1v) is 10.3. The lowest BCUT2D eigenvalue weighted by Gasteiger charge is -2.34. The molecule has 2 aromatic rings. The second-order valence-corrected chi connectivity index (χ2v) is 7.82. The standard InChI is InChI=1S/C19H23ClN4O2S/c1-2-17-22-16(13-27-17)12-23-6-8-24(9-7-23)18(25)11-21-19(26)14-4-3-5-15(20)10-14/h3-5,10,13H,2,6-9,11-12H2,1H3,(H,21,26). The summed E-state index contributed by atoms with van der Waals surface area (Å²) >= 11 is 7.59. The zero-order chi connectivity index (χ0) is 19.2. The molecule has 0 saturated carbocycles. The highest BCUT2D eigenvalue weighted by atomic mass is 35.5. The molecule has 2 heterocycles. The van der Waals surface area contributed by atoms with Crippen LogP contribution in [0.25, 0.3) is 0 Å². The third-order valence-electron chi connectivity index (χ3n) is 4.50. The number of hydrogen-bond acceptors (Lipinski definition) is 5. The van der Waals surface area contributed by atoms with Crippen LogP contribution in [0.4, 0.5) is 0 Å². The van der Waals surface area contributed by atoms with Crippen LogP contribution in [0.1, 0.15) is 28.0 Å². The Balaban J connectivity index is 1.42. The van der Waals surface area contributed by atoms with E-state index >= 15 is 0 Å². The molecule has 1 saturated heterocycles. The maximum absolute atomic E-state index is 12.4. The second-order valence-electron chi connectivity index (χ2n) is 6.44. The van der Waals surface area contributed by atoms with Crippen LogP contribution >= 0.6 is 22.9 Å². The Hall–Kier alpha value is -1.96. The van der Waals surface area contributed by atoms with Crippen LogP contribution in [0, 0.1) is 0 Å². The summed E-state index contributed by atoms with van der Waals surface area (Å²) in [5.74, 6) is -0.355. The van der Waals surface area contributed by atoms with Crippen molar-refractivity contribution < 1.29 is 9.59 Å². The number of halogens is 1. The van der Waals surface area contributed by atoms with E-state index in [4.69, 9.17) is 11.6 Å². The van der Waals surface area contributed by atoms with E-state index in [-0.39, 0.29) is 18.4 Å². The normalized spacial score (nSPS) is 15.0. The van der Waals surface area contributed by atoms with Crippen molar-refractivity contribution in [2.75, 3.05) is 32.7 Å². The molecule has 0 spiro atoms. The monoisotopic (exact) mass is 406 g/mol. The van der Waals surface area contributed by atoms with Gasteiger partial charge in [-0.15, -0.1) is 11.3 Å². The summed E-state index contributed by atoms with van der Waals surface area (Å²) in [5, 5.41) is 6.44. The minimum absolute atomic E-state index is 0.00269. The van der Waals surface area contributed by atoms with Gasteiger partial charge in [-0.3, -0.25) is 14.5 Å². The second kappa shape index (κ2) is 9.30. The van der Waals surface area contributed by atoms with Gasteiger partial charge in [0.1, 0.15) is 0 Å². The van der Waals surface area contributed by atoms with Crippen LogP contribution in [0.2, 0.25) is 5.02 Å². The van der Waals surface area contributed by atoms with Gasteiger partial charge in [0, 0.05) is 48.7 Å². The molecule has 1 aliphatic heterocycles. The molecule has 3 rings (SSSR count). The highest BCUT2D eigenvalue weighted by molar-refractivity contribution is 7.09. The van der Waals surface area contributed by atoms with Gasteiger partial charge < -0.3 is 10.2 Å². The first-order valence-electron chi connectivity index (χ1n) is 9.02. The van der Waals surface area contributed by atoms with E-state index < -0.39 is 0 Å². The Morgan fingerprint density at radius 2 is 2.04 bits per heavy atom. The fourth-order valence-corrected chi connectivity index (χ4v) is 3.89. The molecule has 2 amide bonds. The summed E-state index contributed by atoms with van der Waals surface area (Å²) in [6.07, 6.45) is 0.966. The van der Waals surface area contributed by atoms with Crippen molar-refractivity contribution in [3.05, 3.63) is 50.9 Å². The zero-order valence-corrected chi connectivity index (χ0v) is 16.9. The summed E-state index contributed by atoms with van der Waals surface area (Å²) in [5.41, 5.74) is 1.56. The van der Waals surface area contributed by atoms with Crippen molar-refractivity contribution in [2.24, 2.45) is 0 Å². The summed E-state index contributed by atoms with van der Waals surface area (Å²) in [6.45, 7) is 5.88. The van der Waals surface area contributed by atoms with Gasteiger partial charge in [0.15, 0.2) is 0 Å². The van der Waals surface area contributed by atoms with Crippen molar-refractivity contribution in [3.8, 4) is 0 Å². The van der Waals surface area contributed by atoms with E-state index in [1.165, 1.54) is 0 Å². The third kappa shape index (κ3) is 5.51. The number of amides is 2. The smallest absolute Gasteiger partial charge is 0.251 e. The number of aromatic nitrogens is 1. The zero-order valence-electron chi connectivity index (χ0n) is 15.3. The summed E-state index contributed by atoms with van der Waals surface area (Å²) in [7, 11) is 0. The van der Waals surface area contributed by atoms with Gasteiger partial charge >= 0.3 is 0 Å². The fourth-order valence-electron chi connectivity index (χ4n) is 2.97. The molecular formula is C19H23ClN4O2S. The predicted molar refractivity (Wildman–Crippen MR) is 107 cm³/mol. The Morgan fingerprint density at radius 3 is 2.70 bits per heavy atom. The van der Waals surface area contributed by atoms with E-state index in [1.807, 2.05) is 0 Å². The number of carbonyl (C=O) groups excluding carboxylic acids is 2. The van der Waals surface area contributed by atoms with Crippen LogP contribution in [0.15, 0.2) is 29.6 Å². The van der Waals surface area contributed by atoms with Crippen LogP contribution in [0.3, 0.4) is 0 Å². The Morgan fingerprint density at radius 1 is 1.26 bits per heavy atom. The van der Waals surface area contributed by atoms with Gasteiger partial charge in [-0.1, -0.05) is 24.6 Å². The summed E-state index contributed by atoms with van der Waals surface area (Å²) < 4.78 is 0. The number of carbonyl (C=O) groups is 2. The average Bonchev–Trinajstić information content (AvgIpc) is 3.14. The average molecular weight is 407 g/mol. The van der Waals surface area contributed by atoms with Crippen molar-refractivity contribution >= 4 is 34.8 Å². The lowest BCUT2D eigenvalue weighted by Crippen LogP contribution is -2.50. The molecule has 1 aromatic heterocycles. The first-order chi connectivity index (χ1) is 13.0. The lowest BCUT2D eigenvalue weighted by atomic mass is 10.2. The van der Waals surface area contributed by atoms with Crippen LogP contribution in [-0.4, -0.2) is 59.3 Å². The molecule has 0 unspecified atom stereocenters. The molecule has 0 atom stereocenters. The van der Waals surface area contributed by atoms with E-state index in [1.54, 1.807) is 40.5 Å². The maximum Gasteiger partial charge on any atom is 0.251 e. The number of rotatable bonds is 6. The van der Waals surface area contributed by atoms with Gasteiger partial charge in [-0.05, 0) is 24.6 Å². The molecule has 0 aliphatic carbocycles. The molecule has 27 heavy (non-hydrogen) atoms. The summed E-state index contributed by atoms with van der Waals surface area (Å²) in [6, 6.07) is 6.68. The minimum Gasteiger partial charge on any atom is -0.343 e. The predicted octanol–water partition coefficient (Wildman–Crippen LogP) is 2.43. The highest BCUT2D eigenvalue weighted by Crippen LogP contribution is 2.14. The molecule has 1 aromatic carbocycles. The maximum atomic E-state index is 12.4. The van der Waals surface area contributed by atoms with E-state index in [2.05, 4.69) is 27.5 Å². The van der Waals surface area contributed by atoms with Gasteiger partial charge in [0.2, 0.25) is 5.91 Å². The van der Waals surface area contributed by atoms with E-state index in [0.29, 0.717) is 23.7 Å². The lowest BCUT2D eigenvalue weighted by molar-refractivity contribution is -0.131. The molecule has 1 N–H and O–H groups in total. The van der Waals surface area contributed by atoms with Gasteiger partial charge in [-0.25, -0.2) is 4.98 Å². The van der Waals surface area contributed by atoms with Gasteiger partial charge in [0.25, 0.3) is 5.91 Å². The quantitative estimate of drug-likeness (QED) is 0.800. The van der Waals surface area contributed by atoms with E-state index in [9.17, 15) is 9.59 Å². The number of nitrogens with one attached hydrogen (secondary N) is 1. The van der Waals surface area contributed by atoms with Gasteiger partial charge in [-0.2, -0.15) is 0 Å². The van der Waals surface area contributed by atoms with Crippen molar-refractivity contribution in [2.45, 2.75) is 19.9 Å². The van der Waals surface area contributed by atoms with Crippen molar-refractivity contribution in [1.29, 1.82) is 0 Å². The largest absolute Gasteiger partial charge is 0.343 e. The molecule has 144 valence electrons. The minimum atomic E-state index is -0.292. The highest BCUT2D eigenvalue weighted by Gasteiger charge is 2.22. The third-order valence-corrected chi connectivity index (χ3v) is 5.78. The Kier molecular flexibility index (Phi) is 6.82. The molecule has 1 aliphatic rings. The number of aryl methyl sites for hydroxylation is 1. The topological polar surface area (TPSA) is 65.5 Å². The van der Waals surface area contributed by atoms with Crippen molar-refractivity contribution in [3.63, 3.8) is 0 Å². The Bertz CT molecular complexity index is 803. The number of thiazole rings is 1. The van der Waals surface area contributed by atoms with E-state index in [0.717, 1.165) is 36.8 Å². The number of piperazine rings is 1. The van der Waals surface area contributed by atoms with Gasteiger partial charge in [0.05, 0.1) is 17.2 Å². The van der Waals surface area contributed by atoms with Crippen LogP contribution < -0.4 is 5.32 Å². The number of benzene rings is 1. The fraction of sp³-hybridized carbons (Fsp3) is 0.421. The molecular weight excluding hydrogens is 384 g/mol. The Labute approximate surface area is 168 Å². The first kappa shape index (κ1) is 19.8. The molecule has 8 heteroatoms.